The fourth-order valence-electron chi connectivity index (χ4n) is 2.43. The van der Waals surface area contributed by atoms with Crippen LogP contribution in [0.1, 0.15) is 24.3 Å². The molecule has 124 valence electrons. The van der Waals surface area contributed by atoms with E-state index in [0.29, 0.717) is 17.5 Å². The van der Waals surface area contributed by atoms with Crippen LogP contribution in [0.4, 0.5) is 0 Å². The topological polar surface area (TPSA) is 58.3 Å². The molecule has 1 heterocycles. The summed E-state index contributed by atoms with van der Waals surface area (Å²) in [5.74, 6) is 0.596. The molecule has 2 unspecified atom stereocenters. The number of hydrogen-bond donors (Lipinski definition) is 2. The Morgan fingerprint density at radius 1 is 1.12 bits per heavy atom. The van der Waals surface area contributed by atoms with Crippen LogP contribution in [0, 0.1) is 0 Å². The van der Waals surface area contributed by atoms with E-state index in [0.717, 1.165) is 16.8 Å². The number of nitrogens with one attached hydrogen (secondary N) is 1. The second-order valence-electron chi connectivity index (χ2n) is 5.68. The van der Waals surface area contributed by atoms with Gasteiger partial charge in [-0.05, 0) is 36.8 Å². The SMILES string of the molecule is CC(NCc1coc(-c2ccccc2)n1)C(O)c1ccc(Cl)cc1. The van der Waals surface area contributed by atoms with E-state index in [9.17, 15) is 5.11 Å². The van der Waals surface area contributed by atoms with Crippen LogP contribution in [-0.4, -0.2) is 16.1 Å². The molecule has 0 amide bonds. The third-order valence-electron chi connectivity index (χ3n) is 3.86. The molecule has 0 aliphatic heterocycles. The van der Waals surface area contributed by atoms with E-state index in [1.807, 2.05) is 49.4 Å². The van der Waals surface area contributed by atoms with E-state index in [-0.39, 0.29) is 6.04 Å². The number of rotatable bonds is 6. The highest BCUT2D eigenvalue weighted by atomic mass is 35.5. The van der Waals surface area contributed by atoms with Gasteiger partial charge in [-0.25, -0.2) is 4.98 Å². The lowest BCUT2D eigenvalue weighted by Gasteiger charge is -2.20. The molecule has 4 nitrogen and oxygen atoms in total. The lowest BCUT2D eigenvalue weighted by molar-refractivity contribution is 0.135. The van der Waals surface area contributed by atoms with Gasteiger partial charge in [0.2, 0.25) is 5.89 Å². The van der Waals surface area contributed by atoms with Crippen LogP contribution in [0.2, 0.25) is 5.02 Å². The maximum absolute atomic E-state index is 10.4. The lowest BCUT2D eigenvalue weighted by atomic mass is 10.0. The molecule has 2 aromatic carbocycles. The minimum atomic E-state index is -0.622. The van der Waals surface area contributed by atoms with Gasteiger partial charge in [-0.15, -0.1) is 0 Å². The first-order valence-corrected chi connectivity index (χ1v) is 8.18. The molecule has 5 heteroatoms. The van der Waals surface area contributed by atoms with Crippen molar-refractivity contribution in [2.24, 2.45) is 0 Å². The highest BCUT2D eigenvalue weighted by molar-refractivity contribution is 6.30. The zero-order valence-corrected chi connectivity index (χ0v) is 14.1. The van der Waals surface area contributed by atoms with Crippen LogP contribution in [0.5, 0.6) is 0 Å². The molecule has 3 aromatic rings. The van der Waals surface area contributed by atoms with E-state index >= 15 is 0 Å². The van der Waals surface area contributed by atoms with Gasteiger partial charge in [-0.2, -0.15) is 0 Å². The van der Waals surface area contributed by atoms with Gasteiger partial charge in [0, 0.05) is 23.2 Å². The number of nitrogens with zero attached hydrogens (tertiary/aromatic N) is 1. The molecule has 2 N–H and O–H groups in total. The Kier molecular flexibility index (Phi) is 5.30. The van der Waals surface area contributed by atoms with Crippen molar-refractivity contribution in [3.05, 3.63) is 77.1 Å². The highest BCUT2D eigenvalue weighted by Gasteiger charge is 2.16. The van der Waals surface area contributed by atoms with Crippen molar-refractivity contribution >= 4 is 11.6 Å². The summed E-state index contributed by atoms with van der Waals surface area (Å²) in [6.07, 6.45) is 1.01. The van der Waals surface area contributed by atoms with Crippen molar-refractivity contribution in [3.63, 3.8) is 0 Å². The lowest BCUT2D eigenvalue weighted by Crippen LogP contribution is -2.31. The molecule has 3 rings (SSSR count). The predicted molar refractivity (Wildman–Crippen MR) is 94.7 cm³/mol. The van der Waals surface area contributed by atoms with E-state index < -0.39 is 6.10 Å². The van der Waals surface area contributed by atoms with Gasteiger partial charge < -0.3 is 14.8 Å². The number of benzene rings is 2. The summed E-state index contributed by atoms with van der Waals surface area (Å²) >= 11 is 5.87. The van der Waals surface area contributed by atoms with Crippen molar-refractivity contribution in [2.75, 3.05) is 0 Å². The van der Waals surface area contributed by atoms with Crippen LogP contribution >= 0.6 is 11.6 Å². The highest BCUT2D eigenvalue weighted by Crippen LogP contribution is 2.20. The molecule has 1 aromatic heterocycles. The van der Waals surface area contributed by atoms with E-state index in [1.165, 1.54) is 0 Å². The third-order valence-corrected chi connectivity index (χ3v) is 4.11. The molecule has 0 aliphatic rings. The first kappa shape index (κ1) is 16.7. The molecular weight excluding hydrogens is 324 g/mol. The molecule has 0 saturated heterocycles. The average Bonchev–Trinajstić information content (AvgIpc) is 3.09. The van der Waals surface area contributed by atoms with Crippen LogP contribution in [0.3, 0.4) is 0 Å². The number of oxazole rings is 1. The van der Waals surface area contributed by atoms with Crippen molar-refractivity contribution in [3.8, 4) is 11.5 Å². The molecule has 24 heavy (non-hydrogen) atoms. The molecule has 0 bridgehead atoms. The Bertz CT molecular complexity index is 772. The predicted octanol–water partition coefficient (Wildman–Crippen LogP) is 4.21. The molecule has 0 aliphatic carbocycles. The van der Waals surface area contributed by atoms with Crippen molar-refractivity contribution < 1.29 is 9.52 Å². The number of aliphatic hydroxyl groups excluding tert-OH is 1. The van der Waals surface area contributed by atoms with Gasteiger partial charge in [0.05, 0.1) is 11.8 Å². The summed E-state index contributed by atoms with van der Waals surface area (Å²) in [5.41, 5.74) is 2.56. The minimum absolute atomic E-state index is 0.136. The van der Waals surface area contributed by atoms with Crippen LogP contribution in [0.15, 0.2) is 65.3 Å². The molecule has 0 radical (unpaired) electrons. The molecular formula is C19H19ClN2O2. The normalized spacial score (nSPS) is 13.6. The average molecular weight is 343 g/mol. The summed E-state index contributed by atoms with van der Waals surface area (Å²) in [6, 6.07) is 16.8. The molecule has 0 fully saturated rings. The van der Waals surface area contributed by atoms with Gasteiger partial charge in [-0.3, -0.25) is 0 Å². The van der Waals surface area contributed by atoms with E-state index in [2.05, 4.69) is 10.3 Å². The fraction of sp³-hybridized carbons (Fsp3) is 0.211. The van der Waals surface area contributed by atoms with E-state index in [1.54, 1.807) is 18.4 Å². The quantitative estimate of drug-likeness (QED) is 0.704. The Morgan fingerprint density at radius 2 is 1.83 bits per heavy atom. The Hall–Kier alpha value is -2.14. The summed E-state index contributed by atoms with van der Waals surface area (Å²) in [4.78, 5) is 4.47. The minimum Gasteiger partial charge on any atom is -0.444 e. The van der Waals surface area contributed by atoms with E-state index in [4.69, 9.17) is 16.0 Å². The Balaban J connectivity index is 1.59. The zero-order valence-electron chi connectivity index (χ0n) is 13.3. The molecule has 0 spiro atoms. The van der Waals surface area contributed by atoms with Gasteiger partial charge in [0.25, 0.3) is 0 Å². The molecule has 0 saturated carbocycles. The van der Waals surface area contributed by atoms with Gasteiger partial charge in [0.15, 0.2) is 0 Å². The number of aromatic nitrogens is 1. The maximum atomic E-state index is 10.4. The number of hydrogen-bond acceptors (Lipinski definition) is 4. The largest absolute Gasteiger partial charge is 0.444 e. The van der Waals surface area contributed by atoms with Gasteiger partial charge in [0.1, 0.15) is 6.26 Å². The first-order chi connectivity index (χ1) is 11.6. The monoisotopic (exact) mass is 342 g/mol. The van der Waals surface area contributed by atoms with Crippen molar-refractivity contribution in [1.82, 2.24) is 10.3 Å². The number of aliphatic hydroxyl groups is 1. The van der Waals surface area contributed by atoms with Gasteiger partial charge >= 0.3 is 0 Å². The second-order valence-corrected chi connectivity index (χ2v) is 6.11. The number of halogens is 1. The summed E-state index contributed by atoms with van der Waals surface area (Å²) in [7, 11) is 0. The summed E-state index contributed by atoms with van der Waals surface area (Å²) in [5, 5.41) is 14.3. The fourth-order valence-corrected chi connectivity index (χ4v) is 2.55. The van der Waals surface area contributed by atoms with Crippen LogP contribution in [-0.2, 0) is 6.54 Å². The smallest absolute Gasteiger partial charge is 0.226 e. The second kappa shape index (κ2) is 7.62. The summed E-state index contributed by atoms with van der Waals surface area (Å²) < 4.78 is 5.51. The molecule has 2 atom stereocenters. The standard InChI is InChI=1S/C19H19ClN2O2/c1-13(18(23)14-7-9-16(20)10-8-14)21-11-17-12-24-19(22-17)15-5-3-2-4-6-15/h2-10,12-13,18,21,23H,11H2,1H3. The Morgan fingerprint density at radius 3 is 2.54 bits per heavy atom. The van der Waals surface area contributed by atoms with Gasteiger partial charge in [-0.1, -0.05) is 41.9 Å². The van der Waals surface area contributed by atoms with Crippen molar-refractivity contribution in [2.45, 2.75) is 25.6 Å². The Labute approximate surface area is 146 Å². The van der Waals surface area contributed by atoms with Crippen molar-refractivity contribution in [1.29, 1.82) is 0 Å². The maximum Gasteiger partial charge on any atom is 0.226 e. The zero-order chi connectivity index (χ0) is 16.9. The first-order valence-electron chi connectivity index (χ1n) is 7.80. The van der Waals surface area contributed by atoms with Crippen LogP contribution in [0.25, 0.3) is 11.5 Å². The summed E-state index contributed by atoms with van der Waals surface area (Å²) in [6.45, 7) is 2.44. The van der Waals surface area contributed by atoms with Crippen LogP contribution < -0.4 is 5.32 Å². The third kappa shape index (κ3) is 4.03.